The molecule has 1 aliphatic rings. The molecule has 1 fully saturated rings. The Balaban J connectivity index is 2.11. The standard InChI is InChI=1S/C10H11N3O3/c14-8(10(9(15)16)2-1-3-10)13-7-4-11-6-12-5-7/h4-6H,1-3H2,(H,13,14)(H,15,16). The van der Waals surface area contributed by atoms with Gasteiger partial charge in [0.1, 0.15) is 11.7 Å². The Morgan fingerprint density at radius 2 is 1.94 bits per heavy atom. The van der Waals surface area contributed by atoms with Crippen molar-refractivity contribution in [1.29, 1.82) is 0 Å². The summed E-state index contributed by atoms with van der Waals surface area (Å²) in [5, 5.41) is 11.6. The van der Waals surface area contributed by atoms with Gasteiger partial charge in [-0.25, -0.2) is 9.97 Å². The van der Waals surface area contributed by atoms with E-state index < -0.39 is 17.3 Å². The van der Waals surface area contributed by atoms with Gasteiger partial charge in [-0.05, 0) is 12.8 Å². The molecule has 0 atom stereocenters. The first kappa shape index (κ1) is 10.5. The van der Waals surface area contributed by atoms with Crippen LogP contribution < -0.4 is 5.32 Å². The molecule has 16 heavy (non-hydrogen) atoms. The number of anilines is 1. The summed E-state index contributed by atoms with van der Waals surface area (Å²) in [5.74, 6) is -1.55. The lowest BCUT2D eigenvalue weighted by Crippen LogP contribution is -2.48. The molecule has 1 aliphatic carbocycles. The average Bonchev–Trinajstić information content (AvgIpc) is 2.16. The van der Waals surface area contributed by atoms with Crippen LogP contribution in [0.2, 0.25) is 0 Å². The number of rotatable bonds is 3. The third-order valence-electron chi connectivity index (χ3n) is 2.87. The van der Waals surface area contributed by atoms with Crippen LogP contribution in [0.1, 0.15) is 19.3 Å². The first-order valence-electron chi connectivity index (χ1n) is 4.95. The fraction of sp³-hybridized carbons (Fsp3) is 0.400. The second-order valence-corrected chi connectivity index (χ2v) is 3.82. The third-order valence-corrected chi connectivity index (χ3v) is 2.87. The van der Waals surface area contributed by atoms with Crippen LogP contribution in [0.3, 0.4) is 0 Å². The van der Waals surface area contributed by atoms with E-state index in [0.29, 0.717) is 18.5 Å². The Morgan fingerprint density at radius 3 is 2.38 bits per heavy atom. The van der Waals surface area contributed by atoms with E-state index in [1.807, 2.05) is 0 Å². The lowest BCUT2D eigenvalue weighted by Gasteiger charge is -2.35. The molecular formula is C10H11N3O3. The summed E-state index contributed by atoms with van der Waals surface area (Å²) in [6, 6.07) is 0. The number of nitrogens with one attached hydrogen (secondary N) is 1. The number of aromatic nitrogens is 2. The molecule has 1 amide bonds. The number of hydrogen-bond donors (Lipinski definition) is 2. The molecule has 1 aromatic rings. The van der Waals surface area contributed by atoms with Gasteiger partial charge in [0.25, 0.3) is 0 Å². The molecule has 1 aromatic heterocycles. The molecular weight excluding hydrogens is 210 g/mol. The molecule has 1 saturated carbocycles. The van der Waals surface area contributed by atoms with Gasteiger partial charge in [0, 0.05) is 0 Å². The van der Waals surface area contributed by atoms with Gasteiger partial charge in [-0.1, -0.05) is 6.42 Å². The fourth-order valence-electron chi connectivity index (χ4n) is 1.68. The number of amides is 1. The van der Waals surface area contributed by atoms with Crippen LogP contribution in [0.4, 0.5) is 5.69 Å². The highest BCUT2D eigenvalue weighted by Gasteiger charge is 2.51. The Hall–Kier alpha value is -1.98. The number of carbonyl (C=O) groups is 2. The number of carboxylic acids is 1. The van der Waals surface area contributed by atoms with Gasteiger partial charge in [0.15, 0.2) is 0 Å². The second-order valence-electron chi connectivity index (χ2n) is 3.82. The van der Waals surface area contributed by atoms with Gasteiger partial charge < -0.3 is 10.4 Å². The van der Waals surface area contributed by atoms with Crippen LogP contribution in [0, 0.1) is 5.41 Å². The number of carboxylic acid groups (broad SMARTS) is 1. The van der Waals surface area contributed by atoms with E-state index in [-0.39, 0.29) is 0 Å². The molecule has 6 nitrogen and oxygen atoms in total. The van der Waals surface area contributed by atoms with Gasteiger partial charge >= 0.3 is 5.97 Å². The van der Waals surface area contributed by atoms with E-state index >= 15 is 0 Å². The lowest BCUT2D eigenvalue weighted by molar-refractivity contribution is -0.159. The fourth-order valence-corrected chi connectivity index (χ4v) is 1.68. The maximum absolute atomic E-state index is 11.8. The van der Waals surface area contributed by atoms with E-state index in [2.05, 4.69) is 15.3 Å². The summed E-state index contributed by atoms with van der Waals surface area (Å²) in [6.45, 7) is 0. The Morgan fingerprint density at radius 1 is 1.31 bits per heavy atom. The van der Waals surface area contributed by atoms with Crippen LogP contribution >= 0.6 is 0 Å². The minimum absolute atomic E-state index is 0.391. The zero-order valence-electron chi connectivity index (χ0n) is 8.51. The van der Waals surface area contributed by atoms with Gasteiger partial charge in [-0.15, -0.1) is 0 Å². The normalized spacial score (nSPS) is 17.2. The minimum Gasteiger partial charge on any atom is -0.480 e. The van der Waals surface area contributed by atoms with Crippen molar-refractivity contribution in [2.24, 2.45) is 5.41 Å². The molecule has 0 bridgehead atoms. The van der Waals surface area contributed by atoms with Crippen molar-refractivity contribution in [3.63, 3.8) is 0 Å². The molecule has 1 heterocycles. The van der Waals surface area contributed by atoms with Crippen molar-refractivity contribution in [3.8, 4) is 0 Å². The smallest absolute Gasteiger partial charge is 0.319 e. The zero-order chi connectivity index (χ0) is 11.6. The van der Waals surface area contributed by atoms with Crippen LogP contribution in [-0.4, -0.2) is 27.0 Å². The summed E-state index contributed by atoms with van der Waals surface area (Å²) in [5.41, 5.74) is -0.837. The highest BCUT2D eigenvalue weighted by atomic mass is 16.4. The molecule has 84 valence electrons. The van der Waals surface area contributed by atoms with Crippen LogP contribution in [-0.2, 0) is 9.59 Å². The van der Waals surface area contributed by atoms with Gasteiger partial charge in [-0.2, -0.15) is 0 Å². The Labute approximate surface area is 91.7 Å². The molecule has 2 N–H and O–H groups in total. The topological polar surface area (TPSA) is 92.2 Å². The van der Waals surface area contributed by atoms with E-state index in [0.717, 1.165) is 6.42 Å². The van der Waals surface area contributed by atoms with Crippen molar-refractivity contribution >= 4 is 17.6 Å². The van der Waals surface area contributed by atoms with Crippen LogP contribution in [0.5, 0.6) is 0 Å². The van der Waals surface area contributed by atoms with Gasteiger partial charge in [-0.3, -0.25) is 9.59 Å². The maximum atomic E-state index is 11.8. The summed E-state index contributed by atoms with van der Waals surface area (Å²) >= 11 is 0. The monoisotopic (exact) mass is 221 g/mol. The van der Waals surface area contributed by atoms with E-state index in [1.165, 1.54) is 18.7 Å². The van der Waals surface area contributed by atoms with Gasteiger partial charge in [0.05, 0.1) is 18.1 Å². The molecule has 0 radical (unpaired) electrons. The molecule has 6 heteroatoms. The van der Waals surface area contributed by atoms with E-state index in [4.69, 9.17) is 5.11 Å². The first-order chi connectivity index (χ1) is 7.65. The SMILES string of the molecule is O=C(O)C1(C(=O)Nc2cncnc2)CCC1. The quantitative estimate of drug-likeness (QED) is 0.732. The number of carbonyl (C=O) groups excluding carboxylic acids is 1. The van der Waals surface area contributed by atoms with E-state index in [1.54, 1.807) is 0 Å². The van der Waals surface area contributed by atoms with Crippen molar-refractivity contribution < 1.29 is 14.7 Å². The van der Waals surface area contributed by atoms with Crippen LogP contribution in [0.15, 0.2) is 18.7 Å². The average molecular weight is 221 g/mol. The van der Waals surface area contributed by atoms with Crippen molar-refractivity contribution in [2.75, 3.05) is 5.32 Å². The Kier molecular flexibility index (Phi) is 2.55. The number of hydrogen-bond acceptors (Lipinski definition) is 4. The van der Waals surface area contributed by atoms with Crippen molar-refractivity contribution in [1.82, 2.24) is 9.97 Å². The predicted molar refractivity (Wildman–Crippen MR) is 54.6 cm³/mol. The summed E-state index contributed by atoms with van der Waals surface area (Å²) < 4.78 is 0. The highest BCUT2D eigenvalue weighted by molar-refractivity contribution is 6.08. The third kappa shape index (κ3) is 1.62. The maximum Gasteiger partial charge on any atom is 0.319 e. The zero-order valence-corrected chi connectivity index (χ0v) is 8.51. The van der Waals surface area contributed by atoms with Crippen LogP contribution in [0.25, 0.3) is 0 Å². The van der Waals surface area contributed by atoms with E-state index in [9.17, 15) is 9.59 Å². The Bertz CT molecular complexity index is 415. The lowest BCUT2D eigenvalue weighted by atomic mass is 9.68. The molecule has 2 rings (SSSR count). The number of aliphatic carboxylic acids is 1. The van der Waals surface area contributed by atoms with Gasteiger partial charge in [0.2, 0.25) is 5.91 Å². The molecule has 0 aromatic carbocycles. The van der Waals surface area contributed by atoms with Crippen molar-refractivity contribution in [2.45, 2.75) is 19.3 Å². The highest BCUT2D eigenvalue weighted by Crippen LogP contribution is 2.42. The largest absolute Gasteiger partial charge is 0.480 e. The summed E-state index contributed by atoms with van der Waals surface area (Å²) in [7, 11) is 0. The second kappa shape index (κ2) is 3.88. The first-order valence-corrected chi connectivity index (χ1v) is 4.95. The predicted octanol–water partition coefficient (Wildman–Crippen LogP) is 0.670. The molecule has 0 saturated heterocycles. The van der Waals surface area contributed by atoms with Crippen molar-refractivity contribution in [3.05, 3.63) is 18.7 Å². The number of nitrogens with zero attached hydrogens (tertiary/aromatic N) is 2. The summed E-state index contributed by atoms with van der Waals surface area (Å²) in [6.07, 6.45) is 5.75. The molecule has 0 unspecified atom stereocenters. The molecule has 0 aliphatic heterocycles. The minimum atomic E-state index is -1.25. The summed E-state index contributed by atoms with van der Waals surface area (Å²) in [4.78, 5) is 30.3. The molecule has 0 spiro atoms.